The molecular weight excluding hydrogens is 489 g/mol. The summed E-state index contributed by atoms with van der Waals surface area (Å²) >= 11 is 0. The Morgan fingerprint density at radius 2 is 1.69 bits per heavy atom. The minimum atomic E-state index is -0.371. The molecule has 39 heavy (non-hydrogen) atoms. The molecule has 8 rings (SSSR count). The van der Waals surface area contributed by atoms with Gasteiger partial charge in [-0.3, -0.25) is 0 Å². The SMILES string of the molecule is CC1C2CCC(CC2)C1Nc1cc(-c2ccc(N3CCN(C)CC3)cc2)nc(-c2c[nH]c3ncc(F)cc23)n1. The molecule has 4 aliphatic rings. The first kappa shape index (κ1) is 24.5. The molecule has 2 N–H and O–H groups in total. The number of nitrogens with zero attached hydrogens (tertiary/aromatic N) is 5. The zero-order valence-corrected chi connectivity index (χ0v) is 22.7. The fourth-order valence-electron chi connectivity index (χ4n) is 7.03. The molecule has 8 heteroatoms. The fourth-order valence-corrected chi connectivity index (χ4v) is 7.03. The van der Waals surface area contributed by atoms with Crippen molar-refractivity contribution in [1.82, 2.24) is 24.8 Å². The number of piperazine rings is 1. The van der Waals surface area contributed by atoms with Crippen molar-refractivity contribution in [2.24, 2.45) is 17.8 Å². The molecule has 0 amide bonds. The van der Waals surface area contributed by atoms with Crippen molar-refractivity contribution in [1.29, 1.82) is 0 Å². The van der Waals surface area contributed by atoms with Crippen LogP contribution in [0.4, 0.5) is 15.9 Å². The molecule has 7 nitrogen and oxygen atoms in total. The summed E-state index contributed by atoms with van der Waals surface area (Å²) in [5.74, 6) is 3.13. The highest BCUT2D eigenvalue weighted by Crippen LogP contribution is 2.46. The molecule has 2 unspecified atom stereocenters. The summed E-state index contributed by atoms with van der Waals surface area (Å²) < 4.78 is 14.1. The lowest BCUT2D eigenvalue weighted by atomic mass is 9.62. The van der Waals surface area contributed by atoms with Gasteiger partial charge < -0.3 is 20.1 Å². The molecule has 0 spiro atoms. The number of anilines is 2. The van der Waals surface area contributed by atoms with Crippen LogP contribution in [0.15, 0.2) is 48.8 Å². The molecule has 2 atom stereocenters. The molecular formula is C31H36FN7. The van der Waals surface area contributed by atoms with Crippen LogP contribution >= 0.6 is 0 Å². The first-order valence-electron chi connectivity index (χ1n) is 14.3. The van der Waals surface area contributed by atoms with E-state index >= 15 is 0 Å². The minimum absolute atomic E-state index is 0.371. The number of benzene rings is 1. The predicted molar refractivity (Wildman–Crippen MR) is 154 cm³/mol. The van der Waals surface area contributed by atoms with E-state index in [1.807, 2.05) is 6.20 Å². The van der Waals surface area contributed by atoms with E-state index in [0.29, 0.717) is 34.7 Å². The lowest BCUT2D eigenvalue weighted by Gasteiger charge is -2.47. The number of hydrogen-bond donors (Lipinski definition) is 2. The van der Waals surface area contributed by atoms with Gasteiger partial charge in [0.15, 0.2) is 5.82 Å². The van der Waals surface area contributed by atoms with Crippen molar-refractivity contribution in [2.75, 3.05) is 43.4 Å². The third-order valence-electron chi connectivity index (χ3n) is 9.45. The molecule has 3 aromatic heterocycles. The molecule has 3 saturated carbocycles. The summed E-state index contributed by atoms with van der Waals surface area (Å²) in [5, 5.41) is 4.53. The molecule has 4 fully saturated rings. The molecule has 202 valence electrons. The van der Waals surface area contributed by atoms with Gasteiger partial charge in [-0.1, -0.05) is 19.1 Å². The Labute approximate surface area is 228 Å². The Balaban J connectivity index is 1.26. The zero-order chi connectivity index (χ0) is 26.5. The van der Waals surface area contributed by atoms with Gasteiger partial charge in [0.25, 0.3) is 0 Å². The number of halogens is 1. The van der Waals surface area contributed by atoms with E-state index in [1.165, 1.54) is 43.6 Å². The highest BCUT2D eigenvalue weighted by Gasteiger charge is 2.41. The molecule has 0 radical (unpaired) electrons. The molecule has 2 bridgehead atoms. The number of pyridine rings is 1. The number of hydrogen-bond acceptors (Lipinski definition) is 6. The van der Waals surface area contributed by atoms with Crippen LogP contribution in [0, 0.1) is 23.6 Å². The predicted octanol–water partition coefficient (Wildman–Crippen LogP) is 5.81. The van der Waals surface area contributed by atoms with Crippen LogP contribution in [0.3, 0.4) is 0 Å². The maximum Gasteiger partial charge on any atom is 0.164 e. The van der Waals surface area contributed by atoms with Gasteiger partial charge in [-0.15, -0.1) is 0 Å². The molecule has 1 saturated heterocycles. The third kappa shape index (κ3) is 4.65. The minimum Gasteiger partial charge on any atom is -0.369 e. The van der Waals surface area contributed by atoms with Gasteiger partial charge in [0.05, 0.1) is 11.9 Å². The quantitative estimate of drug-likeness (QED) is 0.342. The number of likely N-dealkylation sites (N-methyl/N-ethyl adjacent to an activating group) is 1. The van der Waals surface area contributed by atoms with Crippen molar-refractivity contribution in [3.05, 3.63) is 54.6 Å². The van der Waals surface area contributed by atoms with E-state index in [1.54, 1.807) is 0 Å². The van der Waals surface area contributed by atoms with E-state index in [4.69, 9.17) is 9.97 Å². The van der Waals surface area contributed by atoms with Crippen LogP contribution in [0.2, 0.25) is 0 Å². The third-order valence-corrected chi connectivity index (χ3v) is 9.45. The van der Waals surface area contributed by atoms with Gasteiger partial charge in [-0.25, -0.2) is 19.3 Å². The number of H-pyrrole nitrogens is 1. The molecule has 4 aromatic rings. The molecule has 4 heterocycles. The van der Waals surface area contributed by atoms with Crippen molar-refractivity contribution in [2.45, 2.75) is 38.6 Å². The normalized spacial score (nSPS) is 25.4. The van der Waals surface area contributed by atoms with E-state index in [9.17, 15) is 4.39 Å². The summed E-state index contributed by atoms with van der Waals surface area (Å²) in [5.41, 5.74) is 4.53. The average Bonchev–Trinajstić information content (AvgIpc) is 3.39. The van der Waals surface area contributed by atoms with Gasteiger partial charge in [0.1, 0.15) is 17.3 Å². The second-order valence-electron chi connectivity index (χ2n) is 11.8. The lowest BCUT2D eigenvalue weighted by Crippen LogP contribution is -2.47. The van der Waals surface area contributed by atoms with Crippen LogP contribution in [-0.4, -0.2) is 64.1 Å². The van der Waals surface area contributed by atoms with Gasteiger partial charge in [-0.2, -0.15) is 0 Å². The second kappa shape index (κ2) is 9.90. The maximum absolute atomic E-state index is 14.1. The molecule has 1 aliphatic heterocycles. The summed E-state index contributed by atoms with van der Waals surface area (Å²) in [6.07, 6.45) is 8.34. The molecule has 3 aliphatic carbocycles. The smallest absolute Gasteiger partial charge is 0.164 e. The summed E-state index contributed by atoms with van der Waals surface area (Å²) in [6.45, 7) is 6.62. The van der Waals surface area contributed by atoms with Crippen molar-refractivity contribution >= 4 is 22.5 Å². The number of fused-ring (bicyclic) bond motifs is 4. The van der Waals surface area contributed by atoms with E-state index in [0.717, 1.165) is 54.7 Å². The number of rotatable bonds is 5. The summed E-state index contributed by atoms with van der Waals surface area (Å²) in [4.78, 5) is 22.2. The van der Waals surface area contributed by atoms with Crippen molar-refractivity contribution in [3.63, 3.8) is 0 Å². The summed E-state index contributed by atoms with van der Waals surface area (Å²) in [6, 6.07) is 12.7. The Bertz CT molecular complexity index is 1460. The van der Waals surface area contributed by atoms with E-state index in [2.05, 4.69) is 69.4 Å². The van der Waals surface area contributed by atoms with Gasteiger partial charge >= 0.3 is 0 Å². The number of aromatic amines is 1. The maximum atomic E-state index is 14.1. The zero-order valence-electron chi connectivity index (χ0n) is 22.7. The Hall–Kier alpha value is -3.52. The molecule has 1 aromatic carbocycles. The van der Waals surface area contributed by atoms with Gasteiger partial charge in [0.2, 0.25) is 0 Å². The highest BCUT2D eigenvalue weighted by molar-refractivity contribution is 5.92. The summed E-state index contributed by atoms with van der Waals surface area (Å²) in [7, 11) is 2.18. The Morgan fingerprint density at radius 1 is 0.949 bits per heavy atom. The van der Waals surface area contributed by atoms with Crippen LogP contribution in [0.5, 0.6) is 0 Å². The van der Waals surface area contributed by atoms with Crippen LogP contribution in [0.25, 0.3) is 33.7 Å². The van der Waals surface area contributed by atoms with Crippen molar-refractivity contribution in [3.8, 4) is 22.6 Å². The highest BCUT2D eigenvalue weighted by atomic mass is 19.1. The van der Waals surface area contributed by atoms with Crippen LogP contribution in [0.1, 0.15) is 32.6 Å². The van der Waals surface area contributed by atoms with Gasteiger partial charge in [0, 0.05) is 66.7 Å². The van der Waals surface area contributed by atoms with Crippen molar-refractivity contribution < 1.29 is 4.39 Å². The number of nitrogens with one attached hydrogen (secondary N) is 2. The first-order chi connectivity index (χ1) is 19.0. The second-order valence-corrected chi connectivity index (χ2v) is 11.8. The Morgan fingerprint density at radius 3 is 2.44 bits per heavy atom. The van der Waals surface area contributed by atoms with E-state index < -0.39 is 0 Å². The standard InChI is InChI=1S/C31H36FN7/c1-19-20-3-5-22(6-4-20)29(19)36-28-16-27(21-7-9-24(10-8-21)39-13-11-38(2)12-14-39)35-31(37-28)26-18-34-30-25(26)15-23(32)17-33-30/h7-10,15-20,22,29H,3-6,11-14H2,1-2H3,(H,33,34)(H,35,36,37). The monoisotopic (exact) mass is 525 g/mol. The Kier molecular flexibility index (Phi) is 6.22. The van der Waals surface area contributed by atoms with E-state index in [-0.39, 0.29) is 5.82 Å². The first-order valence-corrected chi connectivity index (χ1v) is 14.3. The fraction of sp³-hybridized carbons (Fsp3) is 0.452. The average molecular weight is 526 g/mol. The lowest BCUT2D eigenvalue weighted by molar-refractivity contribution is 0.0928. The largest absolute Gasteiger partial charge is 0.369 e. The topological polar surface area (TPSA) is 73.0 Å². The number of aromatic nitrogens is 4. The van der Waals surface area contributed by atoms with Gasteiger partial charge in [-0.05, 0) is 68.7 Å². The van der Waals surface area contributed by atoms with Crippen LogP contribution < -0.4 is 10.2 Å². The van der Waals surface area contributed by atoms with Crippen LogP contribution in [-0.2, 0) is 0 Å².